The molecule has 14 heavy (non-hydrogen) atoms. The van der Waals surface area contributed by atoms with Gasteiger partial charge in [0.25, 0.3) is 0 Å². The fourth-order valence-corrected chi connectivity index (χ4v) is 2.00. The molecule has 78 valence electrons. The summed E-state index contributed by atoms with van der Waals surface area (Å²) in [6.45, 7) is 5.98. The van der Waals surface area contributed by atoms with Gasteiger partial charge in [-0.3, -0.25) is 0 Å². The van der Waals surface area contributed by atoms with Crippen LogP contribution in [0.3, 0.4) is 0 Å². The van der Waals surface area contributed by atoms with Crippen molar-refractivity contribution in [2.45, 2.75) is 38.8 Å². The molecule has 3 heteroatoms. The van der Waals surface area contributed by atoms with Gasteiger partial charge in [0, 0.05) is 5.92 Å². The first-order chi connectivity index (χ1) is 6.47. The van der Waals surface area contributed by atoms with Gasteiger partial charge in [-0.15, -0.1) is 0 Å². The largest absolute Gasteiger partial charge is 0.390 e. The molecule has 3 nitrogen and oxygen atoms in total. The second-order valence-corrected chi connectivity index (χ2v) is 5.14. The first kappa shape index (κ1) is 9.71. The quantitative estimate of drug-likeness (QED) is 0.510. The zero-order valence-corrected chi connectivity index (χ0v) is 9.03. The van der Waals surface area contributed by atoms with E-state index in [4.69, 9.17) is 10.6 Å². The zero-order chi connectivity index (χ0) is 10.3. The number of hydrogen-bond acceptors (Lipinski definition) is 3. The predicted octanol–water partition coefficient (Wildman–Crippen LogP) is 1.69. The summed E-state index contributed by atoms with van der Waals surface area (Å²) in [6.07, 6.45) is 5.51. The third-order valence-corrected chi connectivity index (χ3v) is 2.72. The Bertz CT molecular complexity index is 288. The lowest BCUT2D eigenvalue weighted by molar-refractivity contribution is -0.0000502. The van der Waals surface area contributed by atoms with Crippen molar-refractivity contribution in [1.82, 2.24) is 0 Å². The van der Waals surface area contributed by atoms with Gasteiger partial charge in [0.15, 0.2) is 0 Å². The lowest BCUT2D eigenvalue weighted by Gasteiger charge is -2.19. The minimum absolute atomic E-state index is 0.0762. The Kier molecular flexibility index (Phi) is 2.14. The molecular weight excluding hydrogens is 176 g/mol. The highest BCUT2D eigenvalue weighted by molar-refractivity contribution is 5.96. The highest BCUT2D eigenvalue weighted by atomic mass is 16.6. The maximum atomic E-state index is 6.03. The summed E-state index contributed by atoms with van der Waals surface area (Å²) < 4.78 is 0. The fraction of sp³-hybridized carbons (Fsp3) is 0.727. The zero-order valence-electron chi connectivity index (χ0n) is 9.03. The molecule has 0 aromatic carbocycles. The van der Waals surface area contributed by atoms with Gasteiger partial charge in [0.1, 0.15) is 5.60 Å². The van der Waals surface area contributed by atoms with E-state index in [2.05, 4.69) is 17.3 Å². The average molecular weight is 194 g/mol. The van der Waals surface area contributed by atoms with Crippen molar-refractivity contribution in [1.29, 1.82) is 0 Å². The van der Waals surface area contributed by atoms with E-state index in [1.807, 2.05) is 20.8 Å². The highest BCUT2D eigenvalue weighted by Gasteiger charge is 2.40. The van der Waals surface area contributed by atoms with E-state index in [1.165, 1.54) is 0 Å². The van der Waals surface area contributed by atoms with Crippen LogP contribution in [0.5, 0.6) is 0 Å². The lowest BCUT2D eigenvalue weighted by atomic mass is 10.0. The molecule has 2 aliphatic carbocycles. The Balaban J connectivity index is 2.09. The van der Waals surface area contributed by atoms with E-state index in [1.54, 1.807) is 0 Å². The molecule has 0 radical (unpaired) electrons. The number of oxime groups is 1. The Morgan fingerprint density at radius 1 is 1.43 bits per heavy atom. The molecule has 2 bridgehead atoms. The Morgan fingerprint density at radius 3 is 2.64 bits per heavy atom. The van der Waals surface area contributed by atoms with Crippen LogP contribution < -0.4 is 5.73 Å². The second kappa shape index (κ2) is 3.09. The summed E-state index contributed by atoms with van der Waals surface area (Å²) in [6, 6.07) is 0.0762. The second-order valence-electron chi connectivity index (χ2n) is 5.14. The molecule has 3 atom stereocenters. The molecule has 0 aromatic heterocycles. The monoisotopic (exact) mass is 194 g/mol. The molecule has 1 saturated carbocycles. The van der Waals surface area contributed by atoms with Crippen LogP contribution in [0, 0.1) is 11.8 Å². The van der Waals surface area contributed by atoms with Gasteiger partial charge in [-0.05, 0) is 33.1 Å². The van der Waals surface area contributed by atoms with Gasteiger partial charge < -0.3 is 10.6 Å². The molecule has 0 aliphatic heterocycles. The van der Waals surface area contributed by atoms with E-state index in [9.17, 15) is 0 Å². The number of nitrogens with zero attached hydrogens (tertiary/aromatic N) is 1. The van der Waals surface area contributed by atoms with Crippen molar-refractivity contribution in [3.63, 3.8) is 0 Å². The molecule has 0 heterocycles. The Labute approximate surface area is 85.0 Å². The first-order valence-corrected chi connectivity index (χ1v) is 5.17. The number of nitrogens with two attached hydrogens (primary N) is 1. The van der Waals surface area contributed by atoms with Crippen LogP contribution in [-0.2, 0) is 4.84 Å². The molecular formula is C11H18N2O. The topological polar surface area (TPSA) is 47.6 Å². The van der Waals surface area contributed by atoms with Crippen LogP contribution in [0.2, 0.25) is 0 Å². The Morgan fingerprint density at radius 2 is 2.14 bits per heavy atom. The molecule has 0 saturated heterocycles. The smallest absolute Gasteiger partial charge is 0.129 e. The predicted molar refractivity (Wildman–Crippen MR) is 57.0 cm³/mol. The number of hydrogen-bond donors (Lipinski definition) is 1. The lowest BCUT2D eigenvalue weighted by Crippen LogP contribution is -2.34. The third-order valence-electron chi connectivity index (χ3n) is 2.72. The molecule has 0 aromatic rings. The summed E-state index contributed by atoms with van der Waals surface area (Å²) in [4.78, 5) is 5.41. The SMILES string of the molecule is CC(C)(C)O/N=C1/C2C=CC(C2)C1N. The maximum Gasteiger partial charge on any atom is 0.129 e. The van der Waals surface area contributed by atoms with Crippen molar-refractivity contribution in [2.75, 3.05) is 0 Å². The molecule has 0 amide bonds. The van der Waals surface area contributed by atoms with Crippen molar-refractivity contribution < 1.29 is 4.84 Å². The standard InChI is InChI=1S/C11H18N2O/c1-11(2,3)14-13-10-8-5-4-7(6-8)9(10)12/h4-5,7-9H,6,12H2,1-3H3/b13-10-. The van der Waals surface area contributed by atoms with Gasteiger partial charge in [-0.25, -0.2) is 0 Å². The van der Waals surface area contributed by atoms with Crippen LogP contribution in [0.1, 0.15) is 27.2 Å². The Hall–Kier alpha value is -0.830. The minimum atomic E-state index is -0.224. The van der Waals surface area contributed by atoms with Crippen LogP contribution in [0.15, 0.2) is 17.3 Å². The van der Waals surface area contributed by atoms with Crippen LogP contribution in [-0.4, -0.2) is 17.4 Å². The molecule has 3 unspecified atom stereocenters. The normalized spacial score (nSPS) is 38.3. The van der Waals surface area contributed by atoms with Crippen molar-refractivity contribution in [2.24, 2.45) is 22.7 Å². The number of fused-ring (bicyclic) bond motifs is 2. The summed E-state index contributed by atoms with van der Waals surface area (Å²) in [7, 11) is 0. The molecule has 2 aliphatic rings. The molecule has 2 rings (SSSR count). The van der Waals surface area contributed by atoms with Gasteiger partial charge in [-0.2, -0.15) is 0 Å². The van der Waals surface area contributed by atoms with Crippen LogP contribution in [0.4, 0.5) is 0 Å². The van der Waals surface area contributed by atoms with Crippen molar-refractivity contribution >= 4 is 5.71 Å². The maximum absolute atomic E-state index is 6.03. The molecule has 0 spiro atoms. The third kappa shape index (κ3) is 1.69. The van der Waals surface area contributed by atoms with Gasteiger partial charge in [0.05, 0.1) is 11.8 Å². The number of allylic oxidation sites excluding steroid dienone is 1. The summed E-state index contributed by atoms with van der Waals surface area (Å²) in [5.74, 6) is 0.916. The van der Waals surface area contributed by atoms with E-state index in [0.717, 1.165) is 12.1 Å². The summed E-state index contributed by atoms with van der Waals surface area (Å²) >= 11 is 0. The van der Waals surface area contributed by atoms with Crippen LogP contribution >= 0.6 is 0 Å². The minimum Gasteiger partial charge on any atom is -0.390 e. The van der Waals surface area contributed by atoms with E-state index < -0.39 is 0 Å². The van der Waals surface area contributed by atoms with E-state index in [-0.39, 0.29) is 11.6 Å². The fourth-order valence-electron chi connectivity index (χ4n) is 2.00. The van der Waals surface area contributed by atoms with Gasteiger partial charge in [-0.1, -0.05) is 17.3 Å². The summed E-state index contributed by atoms with van der Waals surface area (Å²) in [5.41, 5.74) is 6.83. The van der Waals surface area contributed by atoms with Crippen molar-refractivity contribution in [3.05, 3.63) is 12.2 Å². The van der Waals surface area contributed by atoms with E-state index >= 15 is 0 Å². The van der Waals surface area contributed by atoms with Gasteiger partial charge in [0.2, 0.25) is 0 Å². The highest BCUT2D eigenvalue weighted by Crippen LogP contribution is 2.36. The number of rotatable bonds is 1. The summed E-state index contributed by atoms with van der Waals surface area (Å²) in [5, 5.41) is 4.20. The van der Waals surface area contributed by atoms with E-state index in [0.29, 0.717) is 11.8 Å². The molecule has 1 fully saturated rings. The first-order valence-electron chi connectivity index (χ1n) is 5.17. The van der Waals surface area contributed by atoms with Crippen molar-refractivity contribution in [3.8, 4) is 0 Å². The average Bonchev–Trinajstić information content (AvgIpc) is 2.60. The molecule has 2 N–H and O–H groups in total. The van der Waals surface area contributed by atoms with Crippen LogP contribution in [0.25, 0.3) is 0 Å². The van der Waals surface area contributed by atoms with Gasteiger partial charge >= 0.3 is 0 Å².